The first-order valence-corrected chi connectivity index (χ1v) is 6.61. The third-order valence-corrected chi connectivity index (χ3v) is 3.81. The van der Waals surface area contributed by atoms with E-state index >= 15 is 0 Å². The van der Waals surface area contributed by atoms with Crippen LogP contribution in [0, 0.1) is 5.92 Å². The molecule has 0 spiro atoms. The molecule has 94 valence electrons. The van der Waals surface area contributed by atoms with Crippen LogP contribution in [0.1, 0.15) is 52.9 Å². The van der Waals surface area contributed by atoms with Crippen molar-refractivity contribution in [3.63, 3.8) is 0 Å². The number of hydrogen-bond acceptors (Lipinski definition) is 2. The van der Waals surface area contributed by atoms with Gasteiger partial charge in [-0.2, -0.15) is 0 Å². The van der Waals surface area contributed by atoms with Gasteiger partial charge in [-0.05, 0) is 32.1 Å². The van der Waals surface area contributed by atoms with Gasteiger partial charge in [-0.15, -0.1) is 0 Å². The monoisotopic (exact) mass is 226 g/mol. The first-order valence-electron chi connectivity index (χ1n) is 6.61. The number of hydrogen-bond donors (Lipinski definition) is 1. The predicted octanol–water partition coefficient (Wildman–Crippen LogP) is 2.15. The first kappa shape index (κ1) is 13.5. The Morgan fingerprint density at radius 3 is 2.75 bits per heavy atom. The van der Waals surface area contributed by atoms with Crippen LogP contribution in [0.2, 0.25) is 0 Å². The number of nitrogens with two attached hydrogens (primary N) is 1. The fourth-order valence-electron chi connectivity index (χ4n) is 2.52. The van der Waals surface area contributed by atoms with Gasteiger partial charge >= 0.3 is 0 Å². The Balaban J connectivity index is 2.62. The Kier molecular flexibility index (Phi) is 5.26. The molecule has 1 amide bonds. The van der Waals surface area contributed by atoms with E-state index in [0.717, 1.165) is 19.3 Å². The summed E-state index contributed by atoms with van der Waals surface area (Å²) in [4.78, 5) is 14.3. The number of carbonyl (C=O) groups excluding carboxylic acids is 1. The summed E-state index contributed by atoms with van der Waals surface area (Å²) < 4.78 is 0. The minimum atomic E-state index is 0.278. The van der Waals surface area contributed by atoms with Crippen molar-refractivity contribution in [2.24, 2.45) is 11.7 Å². The molecule has 1 saturated heterocycles. The van der Waals surface area contributed by atoms with E-state index in [-0.39, 0.29) is 6.04 Å². The van der Waals surface area contributed by atoms with Crippen molar-refractivity contribution >= 4 is 5.91 Å². The highest BCUT2D eigenvalue weighted by Gasteiger charge is 2.30. The fraction of sp³-hybridized carbons (Fsp3) is 0.923. The van der Waals surface area contributed by atoms with Crippen molar-refractivity contribution in [2.45, 2.75) is 65.0 Å². The molecular formula is C13H26N2O. The fourth-order valence-corrected chi connectivity index (χ4v) is 2.52. The minimum Gasteiger partial charge on any atom is -0.336 e. The smallest absolute Gasteiger partial charge is 0.223 e. The maximum absolute atomic E-state index is 12.2. The zero-order valence-corrected chi connectivity index (χ0v) is 10.9. The number of carbonyl (C=O) groups is 1. The molecule has 0 aliphatic carbocycles. The minimum absolute atomic E-state index is 0.278. The number of rotatable bonds is 4. The molecule has 3 nitrogen and oxygen atoms in total. The second kappa shape index (κ2) is 6.24. The maximum atomic E-state index is 12.2. The molecule has 1 aliphatic rings. The van der Waals surface area contributed by atoms with Crippen LogP contribution in [-0.2, 0) is 4.79 Å². The Bertz CT molecular complexity index is 230. The van der Waals surface area contributed by atoms with Crippen LogP contribution in [0.5, 0.6) is 0 Å². The number of likely N-dealkylation sites (tertiary alicyclic amines) is 1. The van der Waals surface area contributed by atoms with Gasteiger partial charge in [0.15, 0.2) is 0 Å². The van der Waals surface area contributed by atoms with Crippen molar-refractivity contribution in [1.29, 1.82) is 0 Å². The van der Waals surface area contributed by atoms with Crippen LogP contribution >= 0.6 is 0 Å². The lowest BCUT2D eigenvalue weighted by Gasteiger charge is -2.40. The first-order chi connectivity index (χ1) is 7.60. The molecule has 3 atom stereocenters. The number of amides is 1. The summed E-state index contributed by atoms with van der Waals surface area (Å²) in [7, 11) is 0. The van der Waals surface area contributed by atoms with Crippen LogP contribution in [0.15, 0.2) is 0 Å². The predicted molar refractivity (Wildman–Crippen MR) is 67.1 cm³/mol. The quantitative estimate of drug-likeness (QED) is 0.798. The van der Waals surface area contributed by atoms with Crippen molar-refractivity contribution < 1.29 is 4.79 Å². The molecule has 1 heterocycles. The van der Waals surface area contributed by atoms with Crippen LogP contribution < -0.4 is 5.73 Å². The summed E-state index contributed by atoms with van der Waals surface area (Å²) in [5.41, 5.74) is 5.76. The number of nitrogens with zero attached hydrogens (tertiary/aromatic N) is 1. The van der Waals surface area contributed by atoms with Gasteiger partial charge in [0.05, 0.1) is 0 Å². The molecule has 0 bridgehead atoms. The van der Waals surface area contributed by atoms with Crippen molar-refractivity contribution in [1.82, 2.24) is 4.90 Å². The Labute approximate surface area is 99.4 Å². The van der Waals surface area contributed by atoms with Gasteiger partial charge < -0.3 is 10.6 Å². The summed E-state index contributed by atoms with van der Waals surface area (Å²) in [5, 5.41) is 0. The topological polar surface area (TPSA) is 46.3 Å². The van der Waals surface area contributed by atoms with Crippen LogP contribution in [0.3, 0.4) is 0 Å². The van der Waals surface area contributed by atoms with E-state index in [2.05, 4.69) is 25.7 Å². The molecule has 3 unspecified atom stereocenters. The molecule has 16 heavy (non-hydrogen) atoms. The summed E-state index contributed by atoms with van der Waals surface area (Å²) in [6.45, 7) is 7.04. The second-order valence-corrected chi connectivity index (χ2v) is 5.19. The molecular weight excluding hydrogens is 200 g/mol. The molecule has 0 aromatic rings. The molecule has 0 aromatic carbocycles. The lowest BCUT2D eigenvalue weighted by molar-refractivity contribution is -0.138. The normalized spacial score (nSPS) is 27.9. The van der Waals surface area contributed by atoms with Crippen LogP contribution in [0.4, 0.5) is 0 Å². The van der Waals surface area contributed by atoms with Crippen molar-refractivity contribution in [2.75, 3.05) is 6.54 Å². The molecule has 2 N–H and O–H groups in total. The Morgan fingerprint density at radius 1 is 1.50 bits per heavy atom. The standard InChI is InChI=1S/C13H26N2O/c1-4-10(2)8-13(16)15-11(3)6-5-7-12(15)9-14/h10-12H,4-9,14H2,1-3H3. The Morgan fingerprint density at radius 2 is 2.19 bits per heavy atom. The molecule has 1 rings (SSSR count). The van der Waals surface area contributed by atoms with Gasteiger partial charge in [-0.25, -0.2) is 0 Å². The van der Waals surface area contributed by atoms with Crippen LogP contribution in [0.25, 0.3) is 0 Å². The van der Waals surface area contributed by atoms with Gasteiger partial charge in [-0.3, -0.25) is 4.79 Å². The van der Waals surface area contributed by atoms with E-state index in [1.54, 1.807) is 0 Å². The zero-order valence-electron chi connectivity index (χ0n) is 10.9. The highest BCUT2D eigenvalue weighted by atomic mass is 16.2. The average Bonchev–Trinajstić information content (AvgIpc) is 2.28. The van der Waals surface area contributed by atoms with E-state index in [9.17, 15) is 4.79 Å². The lowest BCUT2D eigenvalue weighted by atomic mass is 9.94. The molecule has 3 heteroatoms. The third kappa shape index (κ3) is 3.21. The Hall–Kier alpha value is -0.570. The summed E-state index contributed by atoms with van der Waals surface area (Å²) >= 11 is 0. The van der Waals surface area contributed by atoms with E-state index in [0.29, 0.717) is 30.8 Å². The third-order valence-electron chi connectivity index (χ3n) is 3.81. The molecule has 0 radical (unpaired) electrons. The average molecular weight is 226 g/mol. The molecule has 1 fully saturated rings. The largest absolute Gasteiger partial charge is 0.336 e. The van der Waals surface area contributed by atoms with Crippen molar-refractivity contribution in [3.8, 4) is 0 Å². The highest BCUT2D eigenvalue weighted by molar-refractivity contribution is 5.77. The zero-order chi connectivity index (χ0) is 12.1. The van der Waals surface area contributed by atoms with E-state index in [4.69, 9.17) is 5.73 Å². The van der Waals surface area contributed by atoms with E-state index in [1.165, 1.54) is 6.42 Å². The summed E-state index contributed by atoms with van der Waals surface area (Å²) in [6.07, 6.45) is 5.16. The van der Waals surface area contributed by atoms with E-state index in [1.807, 2.05) is 0 Å². The SMILES string of the molecule is CCC(C)CC(=O)N1C(C)CCCC1CN. The summed E-state index contributed by atoms with van der Waals surface area (Å²) in [5.74, 6) is 0.789. The number of piperidine rings is 1. The molecule has 0 aromatic heterocycles. The maximum Gasteiger partial charge on any atom is 0.223 e. The highest BCUT2D eigenvalue weighted by Crippen LogP contribution is 2.24. The second-order valence-electron chi connectivity index (χ2n) is 5.19. The van der Waals surface area contributed by atoms with Gasteiger partial charge in [0, 0.05) is 25.0 Å². The van der Waals surface area contributed by atoms with Gasteiger partial charge in [0.25, 0.3) is 0 Å². The van der Waals surface area contributed by atoms with E-state index < -0.39 is 0 Å². The van der Waals surface area contributed by atoms with Gasteiger partial charge in [0.2, 0.25) is 5.91 Å². The van der Waals surface area contributed by atoms with Crippen molar-refractivity contribution in [3.05, 3.63) is 0 Å². The lowest BCUT2D eigenvalue weighted by Crippen LogP contribution is -2.52. The molecule has 1 aliphatic heterocycles. The molecule has 0 saturated carbocycles. The summed E-state index contributed by atoms with van der Waals surface area (Å²) in [6, 6.07) is 0.652. The van der Waals surface area contributed by atoms with Gasteiger partial charge in [-0.1, -0.05) is 20.3 Å². The van der Waals surface area contributed by atoms with Gasteiger partial charge in [0.1, 0.15) is 0 Å². The van der Waals surface area contributed by atoms with Crippen LogP contribution in [-0.4, -0.2) is 29.4 Å².